The molecule has 0 saturated heterocycles. The molecule has 0 aliphatic carbocycles. The van der Waals surface area contributed by atoms with Gasteiger partial charge in [-0.1, -0.05) is 12.1 Å². The first kappa shape index (κ1) is 15.0. The number of hydrogen-bond donors (Lipinski definition) is 2. The lowest BCUT2D eigenvalue weighted by Crippen LogP contribution is -2.36. The zero-order valence-electron chi connectivity index (χ0n) is 11.9. The van der Waals surface area contributed by atoms with E-state index in [0.717, 1.165) is 19.4 Å². The zero-order valence-corrected chi connectivity index (χ0v) is 11.9. The van der Waals surface area contributed by atoms with Gasteiger partial charge in [-0.15, -0.1) is 0 Å². The van der Waals surface area contributed by atoms with Crippen molar-refractivity contribution in [1.82, 2.24) is 5.32 Å². The predicted molar refractivity (Wildman–Crippen MR) is 75.0 cm³/mol. The minimum atomic E-state index is -0.0784. The Labute approximate surface area is 110 Å². The summed E-state index contributed by atoms with van der Waals surface area (Å²) >= 11 is 0. The van der Waals surface area contributed by atoms with Gasteiger partial charge in [0.05, 0.1) is 5.60 Å². The third-order valence-corrected chi connectivity index (χ3v) is 3.19. The van der Waals surface area contributed by atoms with Gasteiger partial charge in [0.1, 0.15) is 5.75 Å². The van der Waals surface area contributed by atoms with Crippen molar-refractivity contribution in [3.63, 3.8) is 0 Å². The summed E-state index contributed by atoms with van der Waals surface area (Å²) < 4.78 is 5.42. The first-order valence-electron chi connectivity index (χ1n) is 6.49. The van der Waals surface area contributed by atoms with Gasteiger partial charge in [-0.3, -0.25) is 0 Å². The molecule has 3 nitrogen and oxygen atoms in total. The summed E-state index contributed by atoms with van der Waals surface area (Å²) in [7, 11) is 1.75. The first-order valence-corrected chi connectivity index (χ1v) is 6.49. The third-order valence-electron chi connectivity index (χ3n) is 3.19. The summed E-state index contributed by atoms with van der Waals surface area (Å²) in [5, 5.41) is 12.7. The fourth-order valence-corrected chi connectivity index (χ4v) is 2.02. The van der Waals surface area contributed by atoms with E-state index >= 15 is 0 Å². The van der Waals surface area contributed by atoms with Crippen molar-refractivity contribution in [3.8, 4) is 5.75 Å². The van der Waals surface area contributed by atoms with E-state index in [1.807, 2.05) is 12.1 Å². The van der Waals surface area contributed by atoms with Gasteiger partial charge < -0.3 is 15.2 Å². The largest absolute Gasteiger partial charge is 0.508 e. The van der Waals surface area contributed by atoms with Gasteiger partial charge in [-0.25, -0.2) is 0 Å². The molecule has 0 aliphatic rings. The minimum absolute atomic E-state index is 0.0784. The molecule has 0 radical (unpaired) electrons. The topological polar surface area (TPSA) is 41.5 Å². The van der Waals surface area contributed by atoms with Gasteiger partial charge in [0.25, 0.3) is 0 Å². The van der Waals surface area contributed by atoms with Crippen LogP contribution in [-0.2, 0) is 11.2 Å². The summed E-state index contributed by atoms with van der Waals surface area (Å²) in [5.41, 5.74) is 1.16. The van der Waals surface area contributed by atoms with Crippen LogP contribution in [0.2, 0.25) is 0 Å². The molecule has 1 atom stereocenters. The molecule has 0 saturated carbocycles. The maximum Gasteiger partial charge on any atom is 0.115 e. The molecule has 3 heteroatoms. The highest BCUT2D eigenvalue weighted by Crippen LogP contribution is 2.15. The second-order valence-corrected chi connectivity index (χ2v) is 5.44. The number of phenols is 1. The molecule has 0 aliphatic heterocycles. The standard InChI is InChI=1S/C15H25NO2/c1-12(11-15(2,3)18-4)16-10-9-13-5-7-14(17)8-6-13/h5-8,12,16-17H,9-11H2,1-4H3. The summed E-state index contributed by atoms with van der Waals surface area (Å²) in [6, 6.07) is 7.80. The highest BCUT2D eigenvalue weighted by atomic mass is 16.5. The summed E-state index contributed by atoms with van der Waals surface area (Å²) in [5.74, 6) is 0.321. The van der Waals surface area contributed by atoms with Crippen LogP contribution in [0.4, 0.5) is 0 Å². The number of rotatable bonds is 7. The fraction of sp³-hybridized carbons (Fsp3) is 0.600. The Morgan fingerprint density at radius 2 is 1.89 bits per heavy atom. The molecule has 0 bridgehead atoms. The lowest BCUT2D eigenvalue weighted by Gasteiger charge is -2.27. The quantitative estimate of drug-likeness (QED) is 0.783. The molecule has 1 rings (SSSR count). The Hall–Kier alpha value is -1.06. The summed E-state index contributed by atoms with van der Waals surface area (Å²) in [4.78, 5) is 0. The Balaban J connectivity index is 2.27. The zero-order chi connectivity index (χ0) is 13.6. The molecule has 1 unspecified atom stereocenters. The van der Waals surface area contributed by atoms with Crippen LogP contribution in [0.15, 0.2) is 24.3 Å². The van der Waals surface area contributed by atoms with Crippen LogP contribution in [0.1, 0.15) is 32.8 Å². The monoisotopic (exact) mass is 251 g/mol. The van der Waals surface area contributed by atoms with Crippen LogP contribution < -0.4 is 5.32 Å². The number of methoxy groups -OCH3 is 1. The molecular formula is C15H25NO2. The average molecular weight is 251 g/mol. The maximum atomic E-state index is 9.20. The first-order chi connectivity index (χ1) is 8.43. The molecule has 1 aromatic rings. The number of benzene rings is 1. The Morgan fingerprint density at radius 3 is 2.44 bits per heavy atom. The fourth-order valence-electron chi connectivity index (χ4n) is 2.02. The van der Waals surface area contributed by atoms with Gasteiger partial charge >= 0.3 is 0 Å². The molecule has 0 spiro atoms. The van der Waals surface area contributed by atoms with Crippen molar-refractivity contribution in [3.05, 3.63) is 29.8 Å². The Morgan fingerprint density at radius 1 is 1.28 bits per heavy atom. The minimum Gasteiger partial charge on any atom is -0.508 e. The van der Waals surface area contributed by atoms with Gasteiger partial charge in [0.15, 0.2) is 0 Å². The van der Waals surface area contributed by atoms with Crippen LogP contribution in [0, 0.1) is 0 Å². The second kappa shape index (κ2) is 6.76. The second-order valence-electron chi connectivity index (χ2n) is 5.44. The van der Waals surface area contributed by atoms with Crippen molar-refractivity contribution in [2.24, 2.45) is 0 Å². The van der Waals surface area contributed by atoms with Crippen molar-refractivity contribution in [1.29, 1.82) is 0 Å². The van der Waals surface area contributed by atoms with Gasteiger partial charge in [0.2, 0.25) is 0 Å². The number of ether oxygens (including phenoxy) is 1. The predicted octanol–water partition coefficient (Wildman–Crippen LogP) is 2.73. The molecule has 1 aromatic carbocycles. The van der Waals surface area contributed by atoms with Crippen molar-refractivity contribution >= 4 is 0 Å². The molecule has 18 heavy (non-hydrogen) atoms. The highest BCUT2D eigenvalue weighted by Gasteiger charge is 2.19. The normalized spacial score (nSPS) is 13.6. The van der Waals surface area contributed by atoms with Crippen LogP contribution >= 0.6 is 0 Å². The van der Waals surface area contributed by atoms with Gasteiger partial charge in [-0.05, 0) is 57.9 Å². The number of aromatic hydroxyl groups is 1. The van der Waals surface area contributed by atoms with Crippen molar-refractivity contribution in [2.75, 3.05) is 13.7 Å². The van der Waals surface area contributed by atoms with Crippen LogP contribution in [0.3, 0.4) is 0 Å². The number of hydrogen-bond acceptors (Lipinski definition) is 3. The van der Waals surface area contributed by atoms with E-state index < -0.39 is 0 Å². The molecule has 0 heterocycles. The molecule has 0 amide bonds. The van der Waals surface area contributed by atoms with Crippen LogP contribution in [0.5, 0.6) is 5.75 Å². The van der Waals surface area contributed by atoms with E-state index in [2.05, 4.69) is 26.1 Å². The smallest absolute Gasteiger partial charge is 0.115 e. The lowest BCUT2D eigenvalue weighted by atomic mass is 10.00. The average Bonchev–Trinajstić information content (AvgIpc) is 2.31. The van der Waals surface area contributed by atoms with Crippen LogP contribution in [0.25, 0.3) is 0 Å². The van der Waals surface area contributed by atoms with Crippen LogP contribution in [-0.4, -0.2) is 30.4 Å². The van der Waals surface area contributed by atoms with Gasteiger partial charge in [-0.2, -0.15) is 0 Å². The summed E-state index contributed by atoms with van der Waals surface area (Å²) in [6.45, 7) is 7.32. The van der Waals surface area contributed by atoms with E-state index in [1.54, 1.807) is 19.2 Å². The Kier molecular flexibility index (Phi) is 5.63. The van der Waals surface area contributed by atoms with Crippen molar-refractivity contribution in [2.45, 2.75) is 45.3 Å². The van der Waals surface area contributed by atoms with Crippen molar-refractivity contribution < 1.29 is 9.84 Å². The van der Waals surface area contributed by atoms with E-state index in [1.165, 1.54) is 5.56 Å². The maximum absolute atomic E-state index is 9.20. The molecule has 102 valence electrons. The molecule has 0 aromatic heterocycles. The molecule has 0 fully saturated rings. The van der Waals surface area contributed by atoms with Gasteiger partial charge in [0, 0.05) is 13.2 Å². The number of nitrogens with one attached hydrogen (secondary N) is 1. The third kappa shape index (κ3) is 5.52. The van der Waals surface area contributed by atoms with E-state index in [-0.39, 0.29) is 5.60 Å². The SMILES string of the molecule is COC(C)(C)CC(C)NCCc1ccc(O)cc1. The highest BCUT2D eigenvalue weighted by molar-refractivity contribution is 5.25. The summed E-state index contributed by atoms with van der Waals surface area (Å²) in [6.07, 6.45) is 1.96. The Bertz CT molecular complexity index is 346. The van der Waals surface area contributed by atoms with E-state index in [4.69, 9.17) is 4.74 Å². The lowest BCUT2D eigenvalue weighted by molar-refractivity contribution is 0.00865. The molecular weight excluding hydrogens is 226 g/mol. The number of phenolic OH excluding ortho intramolecular Hbond substituents is 1. The van der Waals surface area contributed by atoms with E-state index in [9.17, 15) is 5.11 Å². The van der Waals surface area contributed by atoms with E-state index in [0.29, 0.717) is 11.8 Å². The molecule has 2 N–H and O–H groups in total.